The Balaban J connectivity index is 2.46. The number of allylic oxidation sites excluding steroid dienone is 2. The monoisotopic (exact) mass is 180 g/mol. The molecule has 0 aromatic heterocycles. The second-order valence-electron chi connectivity index (χ2n) is 3.53. The van der Waals surface area contributed by atoms with Crippen LogP contribution < -0.4 is 0 Å². The first-order chi connectivity index (χ1) is 6.36. The van der Waals surface area contributed by atoms with Crippen molar-refractivity contribution in [2.45, 2.75) is 38.1 Å². The minimum atomic E-state index is 0.180. The van der Waals surface area contributed by atoms with Crippen LogP contribution in [0.2, 0.25) is 0 Å². The zero-order chi connectivity index (χ0) is 9.52. The molecular formula is C10H16N2O. The van der Waals surface area contributed by atoms with Crippen molar-refractivity contribution in [2.75, 3.05) is 0 Å². The maximum absolute atomic E-state index is 10.3. The summed E-state index contributed by atoms with van der Waals surface area (Å²) in [7, 11) is 0. The van der Waals surface area contributed by atoms with E-state index < -0.39 is 0 Å². The summed E-state index contributed by atoms with van der Waals surface area (Å²) in [5.74, 6) is 0.377. The molecule has 0 aromatic carbocycles. The number of hydrogen-bond acceptors (Lipinski definition) is 3. The Kier molecular flexibility index (Phi) is 4.36. The van der Waals surface area contributed by atoms with Gasteiger partial charge in [-0.1, -0.05) is 12.2 Å². The van der Waals surface area contributed by atoms with Gasteiger partial charge in [0, 0.05) is 6.42 Å². The van der Waals surface area contributed by atoms with E-state index in [0.717, 1.165) is 32.0 Å². The molecule has 1 rings (SSSR count). The molecule has 0 saturated heterocycles. The third-order valence-electron chi connectivity index (χ3n) is 2.53. The van der Waals surface area contributed by atoms with Crippen LogP contribution in [0.5, 0.6) is 0 Å². The van der Waals surface area contributed by atoms with Gasteiger partial charge in [-0.05, 0) is 31.6 Å². The van der Waals surface area contributed by atoms with Gasteiger partial charge in [0.2, 0.25) is 0 Å². The molecule has 3 nitrogen and oxygen atoms in total. The van der Waals surface area contributed by atoms with Crippen LogP contribution in [0, 0.1) is 11.4 Å². The molecule has 1 aliphatic rings. The number of aldehydes is 1. The number of rotatable bonds is 3. The molecule has 2 atom stereocenters. The van der Waals surface area contributed by atoms with Gasteiger partial charge in [-0.15, -0.1) is 0 Å². The Morgan fingerprint density at radius 3 is 3.00 bits per heavy atom. The fourth-order valence-electron chi connectivity index (χ4n) is 1.67. The maximum Gasteiger partial charge on any atom is 0.120 e. The van der Waals surface area contributed by atoms with Gasteiger partial charge in [0.15, 0.2) is 0 Å². The highest BCUT2D eigenvalue weighted by atomic mass is 16.1. The van der Waals surface area contributed by atoms with Crippen LogP contribution in [-0.4, -0.2) is 12.3 Å². The molecule has 0 aromatic rings. The predicted octanol–water partition coefficient (Wildman–Crippen LogP) is 2.72. The van der Waals surface area contributed by atoms with Crippen molar-refractivity contribution in [3.8, 4) is 0 Å². The molecule has 0 amide bonds. The van der Waals surface area contributed by atoms with Gasteiger partial charge in [0.1, 0.15) is 6.29 Å². The van der Waals surface area contributed by atoms with Crippen LogP contribution >= 0.6 is 0 Å². The average Bonchev–Trinajstić information content (AvgIpc) is 2.11. The lowest BCUT2D eigenvalue weighted by molar-refractivity contribution is -0.108. The van der Waals surface area contributed by atoms with E-state index in [1.807, 2.05) is 0 Å². The number of nitrogens with one attached hydrogen (secondary N) is 1. The van der Waals surface area contributed by atoms with Gasteiger partial charge in [-0.25, -0.2) is 5.53 Å². The SMILES string of the molecule is N=NC1CCC=CC(CC=O)CC1. The predicted molar refractivity (Wildman–Crippen MR) is 50.7 cm³/mol. The van der Waals surface area contributed by atoms with E-state index >= 15 is 0 Å². The summed E-state index contributed by atoms with van der Waals surface area (Å²) in [5, 5.41) is 3.57. The smallest absolute Gasteiger partial charge is 0.120 e. The third kappa shape index (κ3) is 3.49. The van der Waals surface area contributed by atoms with Gasteiger partial charge >= 0.3 is 0 Å². The van der Waals surface area contributed by atoms with Crippen molar-refractivity contribution >= 4 is 6.29 Å². The summed E-state index contributed by atoms with van der Waals surface area (Å²) in [5.41, 5.74) is 6.96. The summed E-state index contributed by atoms with van der Waals surface area (Å²) in [4.78, 5) is 10.3. The van der Waals surface area contributed by atoms with Crippen LogP contribution in [0.4, 0.5) is 0 Å². The second-order valence-corrected chi connectivity index (χ2v) is 3.53. The number of nitrogens with zero attached hydrogens (tertiary/aromatic N) is 1. The van der Waals surface area contributed by atoms with E-state index in [1.165, 1.54) is 0 Å². The second kappa shape index (κ2) is 5.62. The summed E-state index contributed by atoms with van der Waals surface area (Å²) >= 11 is 0. The van der Waals surface area contributed by atoms with Crippen LogP contribution in [-0.2, 0) is 4.79 Å². The Morgan fingerprint density at radius 2 is 2.31 bits per heavy atom. The van der Waals surface area contributed by atoms with Crippen molar-refractivity contribution in [1.29, 1.82) is 5.53 Å². The zero-order valence-corrected chi connectivity index (χ0v) is 7.78. The summed E-state index contributed by atoms with van der Waals surface area (Å²) in [6.45, 7) is 0. The first kappa shape index (κ1) is 10.1. The molecule has 0 fully saturated rings. The normalized spacial score (nSPS) is 28.9. The van der Waals surface area contributed by atoms with Gasteiger partial charge in [0.05, 0.1) is 6.04 Å². The van der Waals surface area contributed by atoms with Crippen molar-refractivity contribution < 1.29 is 4.79 Å². The fourth-order valence-corrected chi connectivity index (χ4v) is 1.67. The lowest BCUT2D eigenvalue weighted by Crippen LogP contribution is -2.09. The van der Waals surface area contributed by atoms with Gasteiger partial charge in [0.25, 0.3) is 0 Å². The molecule has 13 heavy (non-hydrogen) atoms. The highest BCUT2D eigenvalue weighted by molar-refractivity contribution is 5.50. The van der Waals surface area contributed by atoms with Crippen molar-refractivity contribution in [3.05, 3.63) is 12.2 Å². The molecule has 0 radical (unpaired) electrons. The lowest BCUT2D eigenvalue weighted by Gasteiger charge is -2.16. The third-order valence-corrected chi connectivity index (χ3v) is 2.53. The Labute approximate surface area is 78.7 Å². The highest BCUT2D eigenvalue weighted by Gasteiger charge is 2.12. The number of carbonyl (C=O) groups excluding carboxylic acids is 1. The first-order valence-electron chi connectivity index (χ1n) is 4.83. The first-order valence-corrected chi connectivity index (χ1v) is 4.83. The molecule has 0 saturated carbocycles. The number of hydrogen-bond donors (Lipinski definition) is 1. The van der Waals surface area contributed by atoms with Crippen LogP contribution in [0.1, 0.15) is 32.1 Å². The van der Waals surface area contributed by atoms with Crippen LogP contribution in [0.15, 0.2) is 17.3 Å². The van der Waals surface area contributed by atoms with E-state index in [1.54, 1.807) is 0 Å². The maximum atomic E-state index is 10.3. The van der Waals surface area contributed by atoms with Crippen LogP contribution in [0.25, 0.3) is 0 Å². The molecule has 1 aliphatic carbocycles. The molecule has 0 spiro atoms. The lowest BCUT2D eigenvalue weighted by atomic mass is 9.92. The molecule has 1 N–H and O–H groups in total. The topological polar surface area (TPSA) is 53.3 Å². The molecule has 0 aliphatic heterocycles. The molecule has 72 valence electrons. The number of carbonyl (C=O) groups is 1. The fraction of sp³-hybridized carbons (Fsp3) is 0.700. The largest absolute Gasteiger partial charge is 0.303 e. The minimum absolute atomic E-state index is 0.180. The highest BCUT2D eigenvalue weighted by Crippen LogP contribution is 2.20. The van der Waals surface area contributed by atoms with Gasteiger partial charge < -0.3 is 4.79 Å². The molecule has 0 bridgehead atoms. The summed E-state index contributed by atoms with van der Waals surface area (Å²) in [6, 6.07) is 0.180. The van der Waals surface area contributed by atoms with E-state index in [9.17, 15) is 4.79 Å². The summed E-state index contributed by atoms with van der Waals surface area (Å²) in [6.07, 6.45) is 9.75. The summed E-state index contributed by atoms with van der Waals surface area (Å²) < 4.78 is 0. The Morgan fingerprint density at radius 1 is 1.46 bits per heavy atom. The Bertz CT molecular complexity index is 201. The van der Waals surface area contributed by atoms with Gasteiger partial charge in [-0.3, -0.25) is 0 Å². The molecular weight excluding hydrogens is 164 g/mol. The van der Waals surface area contributed by atoms with Crippen molar-refractivity contribution in [3.63, 3.8) is 0 Å². The van der Waals surface area contributed by atoms with Gasteiger partial charge in [-0.2, -0.15) is 5.11 Å². The van der Waals surface area contributed by atoms with E-state index in [2.05, 4.69) is 17.3 Å². The van der Waals surface area contributed by atoms with E-state index in [4.69, 9.17) is 5.53 Å². The average molecular weight is 180 g/mol. The Hall–Kier alpha value is -0.990. The van der Waals surface area contributed by atoms with Crippen molar-refractivity contribution in [1.82, 2.24) is 0 Å². The minimum Gasteiger partial charge on any atom is -0.303 e. The zero-order valence-electron chi connectivity index (χ0n) is 7.78. The van der Waals surface area contributed by atoms with Crippen molar-refractivity contribution in [2.24, 2.45) is 11.0 Å². The molecule has 0 heterocycles. The van der Waals surface area contributed by atoms with E-state index in [-0.39, 0.29) is 6.04 Å². The molecule has 3 heteroatoms. The van der Waals surface area contributed by atoms with Crippen LogP contribution in [0.3, 0.4) is 0 Å². The van der Waals surface area contributed by atoms with E-state index in [0.29, 0.717) is 12.3 Å². The molecule has 2 unspecified atom stereocenters. The quantitative estimate of drug-likeness (QED) is 0.405. The standard InChI is InChI=1S/C10H16N2O/c11-12-10-4-2-1-3-9(5-6-10)7-8-13/h1,3,8-11H,2,4-7H2.